The lowest BCUT2D eigenvalue weighted by Gasteiger charge is -2.33. The second kappa shape index (κ2) is 7.46. The van der Waals surface area contributed by atoms with Crippen molar-refractivity contribution in [3.8, 4) is 5.75 Å². The lowest BCUT2D eigenvalue weighted by molar-refractivity contribution is 0.159. The molecule has 1 unspecified atom stereocenters. The molecule has 1 saturated heterocycles. The van der Waals surface area contributed by atoms with Crippen molar-refractivity contribution >= 4 is 15.9 Å². The molecule has 150 valence electrons. The molecule has 0 saturated carbocycles. The van der Waals surface area contributed by atoms with E-state index in [9.17, 15) is 13.2 Å². The lowest BCUT2D eigenvalue weighted by atomic mass is 10.1. The number of likely N-dealkylation sites (tertiary alicyclic amines) is 1. The Bertz CT molecular complexity index is 964. The summed E-state index contributed by atoms with van der Waals surface area (Å²) in [6.07, 6.45) is 4.97. The number of nitrogens with one attached hydrogen (secondary N) is 1. The Labute approximate surface area is 164 Å². The van der Waals surface area contributed by atoms with Crippen LogP contribution < -0.4 is 10.1 Å². The number of aromatic nitrogens is 2. The molecule has 2 aromatic rings. The van der Waals surface area contributed by atoms with E-state index in [-0.39, 0.29) is 23.2 Å². The van der Waals surface area contributed by atoms with Gasteiger partial charge in [0, 0.05) is 19.3 Å². The minimum absolute atomic E-state index is 0.134. The van der Waals surface area contributed by atoms with Crippen LogP contribution in [0, 0.1) is 6.92 Å². The summed E-state index contributed by atoms with van der Waals surface area (Å²) in [6.45, 7) is 3.45. The first-order valence-corrected chi connectivity index (χ1v) is 11.1. The molecule has 8 nitrogen and oxygen atoms in total. The van der Waals surface area contributed by atoms with E-state index in [1.54, 1.807) is 29.2 Å². The van der Waals surface area contributed by atoms with Crippen LogP contribution in [0.15, 0.2) is 41.6 Å². The van der Waals surface area contributed by atoms with Crippen molar-refractivity contribution in [2.24, 2.45) is 0 Å². The number of carbonyl (C=O) groups excluding carboxylic acids is 1. The summed E-state index contributed by atoms with van der Waals surface area (Å²) in [6, 6.07) is 6.72. The van der Waals surface area contributed by atoms with Gasteiger partial charge in [-0.25, -0.2) is 13.2 Å². The van der Waals surface area contributed by atoms with Gasteiger partial charge in [-0.05, 0) is 37.5 Å². The van der Waals surface area contributed by atoms with Crippen LogP contribution in [0.25, 0.3) is 0 Å². The molecule has 2 aliphatic rings. The number of para-hydroxylation sites is 1. The first kappa shape index (κ1) is 18.8. The zero-order valence-electron chi connectivity index (χ0n) is 15.7. The fraction of sp³-hybridized carbons (Fsp3) is 0.474. The Hall–Kier alpha value is -2.55. The summed E-state index contributed by atoms with van der Waals surface area (Å²) in [5.41, 5.74) is 1.13. The summed E-state index contributed by atoms with van der Waals surface area (Å²) >= 11 is 0. The van der Waals surface area contributed by atoms with Crippen LogP contribution >= 0.6 is 0 Å². The van der Waals surface area contributed by atoms with E-state index in [1.807, 2.05) is 24.0 Å². The molecule has 1 fully saturated rings. The number of ether oxygens (including phenoxy) is 1. The summed E-state index contributed by atoms with van der Waals surface area (Å²) in [5.74, 6) is 0.216. The SMILES string of the molecule is Cc1cnn(C2CCN(C(=O)NCC3CS(=O)(=O)c4ccccc4O3)CC2)c1. The van der Waals surface area contributed by atoms with Crippen LogP contribution in [-0.2, 0) is 9.84 Å². The number of benzene rings is 1. The number of aryl methyl sites for hydroxylation is 1. The number of piperidine rings is 1. The Morgan fingerprint density at radius 2 is 2.04 bits per heavy atom. The predicted molar refractivity (Wildman–Crippen MR) is 103 cm³/mol. The number of hydrogen-bond donors (Lipinski definition) is 1. The number of hydrogen-bond acceptors (Lipinski definition) is 5. The number of rotatable bonds is 3. The molecule has 2 amide bonds. The zero-order valence-corrected chi connectivity index (χ0v) is 16.6. The van der Waals surface area contributed by atoms with E-state index in [0.29, 0.717) is 24.9 Å². The van der Waals surface area contributed by atoms with Gasteiger partial charge in [0.05, 0.1) is 24.5 Å². The van der Waals surface area contributed by atoms with Gasteiger partial charge in [0.15, 0.2) is 9.84 Å². The molecule has 1 N–H and O–H groups in total. The molecule has 0 aliphatic carbocycles. The Balaban J connectivity index is 1.30. The molecule has 0 bridgehead atoms. The van der Waals surface area contributed by atoms with Gasteiger partial charge in [0.2, 0.25) is 0 Å². The van der Waals surface area contributed by atoms with Crippen molar-refractivity contribution in [2.75, 3.05) is 25.4 Å². The molecule has 9 heteroatoms. The van der Waals surface area contributed by atoms with E-state index in [2.05, 4.69) is 10.4 Å². The number of urea groups is 1. The number of sulfone groups is 1. The van der Waals surface area contributed by atoms with E-state index in [4.69, 9.17) is 4.74 Å². The fourth-order valence-electron chi connectivity index (χ4n) is 3.73. The molecule has 2 aliphatic heterocycles. The maximum absolute atomic E-state index is 12.5. The second-order valence-corrected chi connectivity index (χ2v) is 9.37. The average molecular weight is 404 g/mol. The van der Waals surface area contributed by atoms with Gasteiger partial charge >= 0.3 is 6.03 Å². The van der Waals surface area contributed by atoms with Gasteiger partial charge in [-0.15, -0.1) is 0 Å². The van der Waals surface area contributed by atoms with Crippen molar-refractivity contribution < 1.29 is 17.9 Å². The fourth-order valence-corrected chi connectivity index (χ4v) is 5.30. The van der Waals surface area contributed by atoms with Gasteiger partial charge in [0.25, 0.3) is 0 Å². The third kappa shape index (κ3) is 3.84. The standard InChI is InChI=1S/C19H24N4O4S/c1-14-10-21-23(12-14)15-6-8-22(9-7-15)19(24)20-11-16-13-28(25,26)18-5-3-2-4-17(18)27-16/h2-5,10,12,15-16H,6-9,11,13H2,1H3,(H,20,24). The quantitative estimate of drug-likeness (QED) is 0.842. The molecule has 3 heterocycles. The number of amides is 2. The van der Waals surface area contributed by atoms with E-state index < -0.39 is 15.9 Å². The Morgan fingerprint density at radius 3 is 2.75 bits per heavy atom. The largest absolute Gasteiger partial charge is 0.486 e. The van der Waals surface area contributed by atoms with Gasteiger partial charge in [-0.1, -0.05) is 12.1 Å². The van der Waals surface area contributed by atoms with Gasteiger partial charge < -0.3 is 15.0 Å². The van der Waals surface area contributed by atoms with Crippen LogP contribution in [0.1, 0.15) is 24.4 Å². The minimum atomic E-state index is -3.40. The molecular weight excluding hydrogens is 380 g/mol. The van der Waals surface area contributed by atoms with Gasteiger partial charge in [0.1, 0.15) is 16.7 Å². The highest BCUT2D eigenvalue weighted by Crippen LogP contribution is 2.30. The Kier molecular flexibility index (Phi) is 5.01. The van der Waals surface area contributed by atoms with Crippen molar-refractivity contribution in [3.05, 3.63) is 42.2 Å². The molecule has 28 heavy (non-hydrogen) atoms. The smallest absolute Gasteiger partial charge is 0.317 e. The highest BCUT2D eigenvalue weighted by atomic mass is 32.2. The molecular formula is C19H24N4O4S. The average Bonchev–Trinajstić information content (AvgIpc) is 3.12. The molecule has 1 atom stereocenters. The molecule has 0 radical (unpaired) electrons. The summed E-state index contributed by atoms with van der Waals surface area (Å²) < 4.78 is 32.5. The second-order valence-electron chi connectivity index (χ2n) is 7.37. The van der Waals surface area contributed by atoms with Crippen molar-refractivity contribution in [1.82, 2.24) is 20.0 Å². The summed E-state index contributed by atoms with van der Waals surface area (Å²) in [5, 5.41) is 7.19. The van der Waals surface area contributed by atoms with Crippen LogP contribution in [0.2, 0.25) is 0 Å². The molecule has 1 aromatic carbocycles. The third-order valence-corrected chi connectivity index (χ3v) is 7.04. The maximum atomic E-state index is 12.5. The zero-order chi connectivity index (χ0) is 19.7. The first-order valence-electron chi connectivity index (χ1n) is 9.44. The Morgan fingerprint density at radius 1 is 1.29 bits per heavy atom. The van der Waals surface area contributed by atoms with Crippen molar-refractivity contribution in [3.63, 3.8) is 0 Å². The van der Waals surface area contributed by atoms with Crippen molar-refractivity contribution in [1.29, 1.82) is 0 Å². The van der Waals surface area contributed by atoms with Crippen molar-refractivity contribution in [2.45, 2.75) is 36.8 Å². The predicted octanol–water partition coefficient (Wildman–Crippen LogP) is 1.77. The highest BCUT2D eigenvalue weighted by Gasteiger charge is 2.32. The van der Waals surface area contributed by atoms with Crippen LogP contribution in [-0.4, -0.2) is 60.6 Å². The van der Waals surface area contributed by atoms with E-state index in [0.717, 1.165) is 18.4 Å². The van der Waals surface area contributed by atoms with E-state index >= 15 is 0 Å². The number of nitrogens with zero attached hydrogens (tertiary/aromatic N) is 3. The molecule has 0 spiro atoms. The summed E-state index contributed by atoms with van der Waals surface area (Å²) in [4.78, 5) is 14.5. The summed E-state index contributed by atoms with van der Waals surface area (Å²) in [7, 11) is -3.40. The maximum Gasteiger partial charge on any atom is 0.317 e. The lowest BCUT2D eigenvalue weighted by Crippen LogP contribution is -2.49. The minimum Gasteiger partial charge on any atom is -0.486 e. The topological polar surface area (TPSA) is 93.5 Å². The third-order valence-electron chi connectivity index (χ3n) is 5.22. The molecule has 1 aromatic heterocycles. The van der Waals surface area contributed by atoms with E-state index in [1.165, 1.54) is 0 Å². The monoisotopic (exact) mass is 404 g/mol. The molecule has 4 rings (SSSR count). The van der Waals surface area contributed by atoms with Crippen LogP contribution in [0.5, 0.6) is 5.75 Å². The normalized spacial score (nSPS) is 21.6. The van der Waals surface area contributed by atoms with Crippen LogP contribution in [0.3, 0.4) is 0 Å². The van der Waals surface area contributed by atoms with Gasteiger partial charge in [-0.2, -0.15) is 5.10 Å². The highest BCUT2D eigenvalue weighted by molar-refractivity contribution is 7.91. The number of fused-ring (bicyclic) bond motifs is 1. The number of carbonyl (C=O) groups is 1. The first-order chi connectivity index (χ1) is 13.4. The van der Waals surface area contributed by atoms with Crippen LogP contribution in [0.4, 0.5) is 4.79 Å². The van der Waals surface area contributed by atoms with Gasteiger partial charge in [-0.3, -0.25) is 4.68 Å².